The number of likely N-dealkylation sites (tertiary alicyclic amines) is 1. The molecular formula is C25H30N6O. The molecule has 2 N–H and O–H groups in total. The Morgan fingerprint density at radius 2 is 2.03 bits per heavy atom. The summed E-state index contributed by atoms with van der Waals surface area (Å²) in [6.45, 7) is 4.77. The number of aromatic nitrogens is 4. The number of aryl methyl sites for hydroxylation is 3. The Bertz CT molecular complexity index is 1140. The predicted octanol–water partition coefficient (Wildman–Crippen LogP) is 4.81. The molecule has 166 valence electrons. The number of H-pyrrole nitrogens is 1. The molecule has 0 aromatic carbocycles. The smallest absolute Gasteiger partial charge is 0.275 e. The third kappa shape index (κ3) is 3.99. The van der Waals surface area contributed by atoms with Gasteiger partial charge in [-0.1, -0.05) is 12.5 Å². The topological polar surface area (TPSA) is 86.8 Å². The van der Waals surface area contributed by atoms with Gasteiger partial charge >= 0.3 is 0 Å². The lowest BCUT2D eigenvalue weighted by atomic mass is 10.1. The van der Waals surface area contributed by atoms with Gasteiger partial charge in [-0.3, -0.25) is 14.9 Å². The number of amides is 1. The quantitative estimate of drug-likeness (QED) is 0.580. The van der Waals surface area contributed by atoms with Crippen molar-refractivity contribution < 1.29 is 4.79 Å². The van der Waals surface area contributed by atoms with Crippen LogP contribution in [-0.4, -0.2) is 37.5 Å². The van der Waals surface area contributed by atoms with E-state index in [9.17, 15) is 4.79 Å². The monoisotopic (exact) mass is 430 g/mol. The first-order chi connectivity index (χ1) is 15.6. The van der Waals surface area contributed by atoms with Crippen LogP contribution < -0.4 is 5.32 Å². The number of hydrogen-bond acceptors (Lipinski definition) is 5. The summed E-state index contributed by atoms with van der Waals surface area (Å²) in [6, 6.07) is 8.01. The van der Waals surface area contributed by atoms with Gasteiger partial charge in [-0.15, -0.1) is 0 Å². The van der Waals surface area contributed by atoms with Crippen LogP contribution in [0.5, 0.6) is 0 Å². The van der Waals surface area contributed by atoms with Crippen LogP contribution in [0.25, 0.3) is 0 Å². The molecule has 7 heteroatoms. The molecule has 3 aromatic heterocycles. The molecule has 1 fully saturated rings. The largest absolute Gasteiger partial charge is 0.340 e. The zero-order valence-electron chi connectivity index (χ0n) is 18.8. The van der Waals surface area contributed by atoms with Gasteiger partial charge in [-0.05, 0) is 76.1 Å². The normalized spacial score (nSPS) is 18.3. The Balaban J connectivity index is 1.42. The maximum atomic E-state index is 13.6. The van der Waals surface area contributed by atoms with Crippen LogP contribution in [-0.2, 0) is 12.8 Å². The summed E-state index contributed by atoms with van der Waals surface area (Å²) in [5.41, 5.74) is 6.77. The second kappa shape index (κ2) is 8.73. The molecule has 1 saturated heterocycles. The van der Waals surface area contributed by atoms with Crippen molar-refractivity contribution in [1.82, 2.24) is 25.1 Å². The van der Waals surface area contributed by atoms with Crippen molar-refractivity contribution >= 4 is 17.4 Å². The number of carbonyl (C=O) groups is 1. The van der Waals surface area contributed by atoms with Crippen LogP contribution in [0.15, 0.2) is 30.5 Å². The molecule has 0 saturated carbocycles. The molecule has 1 aliphatic carbocycles. The van der Waals surface area contributed by atoms with Gasteiger partial charge < -0.3 is 10.2 Å². The minimum atomic E-state index is -0.0362. The second-order valence-corrected chi connectivity index (χ2v) is 8.96. The number of anilines is 2. The van der Waals surface area contributed by atoms with Gasteiger partial charge in [0.15, 0.2) is 5.69 Å². The molecule has 1 aliphatic heterocycles. The summed E-state index contributed by atoms with van der Waals surface area (Å²) in [5, 5.41) is 11.0. The molecule has 5 rings (SSSR count). The predicted molar refractivity (Wildman–Crippen MR) is 124 cm³/mol. The molecule has 2 aliphatic rings. The van der Waals surface area contributed by atoms with E-state index in [4.69, 9.17) is 4.98 Å². The Kier molecular flexibility index (Phi) is 5.64. The summed E-state index contributed by atoms with van der Waals surface area (Å²) in [4.78, 5) is 24.8. The van der Waals surface area contributed by atoms with Crippen molar-refractivity contribution in [1.29, 1.82) is 0 Å². The number of nitrogens with one attached hydrogen (secondary N) is 2. The van der Waals surface area contributed by atoms with Gasteiger partial charge in [0.05, 0.1) is 11.7 Å². The van der Waals surface area contributed by atoms with Crippen molar-refractivity contribution in [3.05, 3.63) is 64.4 Å². The Hall–Kier alpha value is -3.22. The lowest BCUT2D eigenvalue weighted by Gasteiger charge is -2.25. The van der Waals surface area contributed by atoms with E-state index in [1.54, 1.807) is 6.20 Å². The number of fused-ring (bicyclic) bond motifs is 1. The molecular weight excluding hydrogens is 400 g/mol. The fourth-order valence-electron chi connectivity index (χ4n) is 4.98. The highest BCUT2D eigenvalue weighted by Crippen LogP contribution is 2.35. The van der Waals surface area contributed by atoms with Crippen molar-refractivity contribution in [3.63, 3.8) is 0 Å². The summed E-state index contributed by atoms with van der Waals surface area (Å²) >= 11 is 0. The SMILES string of the molecule is Cc1cc(Nc2ncccc2C)cc([C@@H]2CCCN2C(=O)c2n[nH]c3c2CCCCC3)n1. The molecule has 0 spiro atoms. The van der Waals surface area contributed by atoms with Crippen LogP contribution >= 0.6 is 0 Å². The van der Waals surface area contributed by atoms with E-state index in [2.05, 4.69) is 26.6 Å². The number of carbonyl (C=O) groups excluding carboxylic acids is 1. The number of nitrogens with zero attached hydrogens (tertiary/aromatic N) is 4. The van der Waals surface area contributed by atoms with E-state index in [1.807, 2.05) is 36.9 Å². The van der Waals surface area contributed by atoms with Crippen molar-refractivity contribution in [3.8, 4) is 0 Å². The minimum absolute atomic E-state index is 0.0327. The number of rotatable bonds is 4. The minimum Gasteiger partial charge on any atom is -0.340 e. The Morgan fingerprint density at radius 3 is 2.91 bits per heavy atom. The standard InChI is InChI=1S/C25H30N6O/c1-16-8-6-12-26-24(16)28-18-14-17(2)27-21(15-18)22-11-7-13-31(22)25(32)23-19-9-4-3-5-10-20(19)29-30-23/h6,8,12,14-15,22H,3-5,7,9-11,13H2,1-2H3,(H,29,30)(H,26,27,28)/t22-/m0/s1. The summed E-state index contributed by atoms with van der Waals surface area (Å²) in [7, 11) is 0. The van der Waals surface area contributed by atoms with Gasteiger partial charge in [-0.2, -0.15) is 5.10 Å². The average Bonchev–Trinajstić information content (AvgIpc) is 3.36. The molecule has 0 bridgehead atoms. The third-order valence-electron chi connectivity index (χ3n) is 6.61. The maximum absolute atomic E-state index is 13.6. The van der Waals surface area contributed by atoms with E-state index in [0.29, 0.717) is 5.69 Å². The van der Waals surface area contributed by atoms with E-state index in [-0.39, 0.29) is 11.9 Å². The van der Waals surface area contributed by atoms with E-state index < -0.39 is 0 Å². The lowest BCUT2D eigenvalue weighted by Crippen LogP contribution is -2.32. The molecule has 0 unspecified atom stereocenters. The van der Waals surface area contributed by atoms with Crippen LogP contribution in [0, 0.1) is 13.8 Å². The molecule has 32 heavy (non-hydrogen) atoms. The van der Waals surface area contributed by atoms with E-state index >= 15 is 0 Å². The molecule has 0 radical (unpaired) electrons. The first kappa shape index (κ1) is 20.7. The van der Waals surface area contributed by atoms with E-state index in [0.717, 1.165) is 84.8 Å². The third-order valence-corrected chi connectivity index (χ3v) is 6.61. The fourth-order valence-corrected chi connectivity index (χ4v) is 4.98. The zero-order chi connectivity index (χ0) is 22.1. The van der Waals surface area contributed by atoms with Gasteiger partial charge in [0.2, 0.25) is 0 Å². The summed E-state index contributed by atoms with van der Waals surface area (Å²) < 4.78 is 0. The molecule has 1 atom stereocenters. The second-order valence-electron chi connectivity index (χ2n) is 8.96. The molecule has 3 aromatic rings. The zero-order valence-corrected chi connectivity index (χ0v) is 18.8. The van der Waals surface area contributed by atoms with Crippen molar-refractivity contribution in [2.24, 2.45) is 0 Å². The molecule has 1 amide bonds. The first-order valence-electron chi connectivity index (χ1n) is 11.6. The van der Waals surface area contributed by atoms with Crippen molar-refractivity contribution in [2.45, 2.75) is 64.8 Å². The maximum Gasteiger partial charge on any atom is 0.275 e. The van der Waals surface area contributed by atoms with Gasteiger partial charge in [0.1, 0.15) is 5.82 Å². The number of aromatic amines is 1. The number of pyridine rings is 2. The van der Waals surface area contributed by atoms with Crippen LogP contribution in [0.3, 0.4) is 0 Å². The Labute approximate surface area is 188 Å². The Morgan fingerprint density at radius 1 is 1.16 bits per heavy atom. The first-order valence-corrected chi connectivity index (χ1v) is 11.6. The van der Waals surface area contributed by atoms with Crippen molar-refractivity contribution in [2.75, 3.05) is 11.9 Å². The van der Waals surface area contributed by atoms with Gasteiger partial charge in [0.25, 0.3) is 5.91 Å². The van der Waals surface area contributed by atoms with Gasteiger partial charge in [-0.25, -0.2) is 4.98 Å². The highest BCUT2D eigenvalue weighted by Gasteiger charge is 2.34. The summed E-state index contributed by atoms with van der Waals surface area (Å²) in [6.07, 6.45) is 9.09. The van der Waals surface area contributed by atoms with Gasteiger partial charge in [0, 0.05) is 35.4 Å². The highest BCUT2D eigenvalue weighted by atomic mass is 16.2. The summed E-state index contributed by atoms with van der Waals surface area (Å²) in [5.74, 6) is 0.868. The average molecular weight is 431 g/mol. The lowest BCUT2D eigenvalue weighted by molar-refractivity contribution is 0.0725. The van der Waals surface area contributed by atoms with Crippen LogP contribution in [0.2, 0.25) is 0 Å². The van der Waals surface area contributed by atoms with Crippen LogP contribution in [0.4, 0.5) is 11.5 Å². The molecule has 7 nitrogen and oxygen atoms in total. The fraction of sp³-hybridized carbons (Fsp3) is 0.440. The molecule has 4 heterocycles. The van der Waals surface area contributed by atoms with E-state index in [1.165, 1.54) is 6.42 Å². The highest BCUT2D eigenvalue weighted by molar-refractivity contribution is 5.94. The van der Waals surface area contributed by atoms with Crippen LogP contribution in [0.1, 0.15) is 76.8 Å². The number of hydrogen-bond donors (Lipinski definition) is 2.